The van der Waals surface area contributed by atoms with Crippen LogP contribution in [0.2, 0.25) is 0 Å². The summed E-state index contributed by atoms with van der Waals surface area (Å²) < 4.78 is 17.4. The van der Waals surface area contributed by atoms with Gasteiger partial charge >= 0.3 is 0 Å². The number of hydrogen-bond donors (Lipinski definition) is 2. The molecule has 1 aromatic heterocycles. The lowest BCUT2D eigenvalue weighted by Gasteiger charge is -2.27. The second kappa shape index (κ2) is 9.15. The van der Waals surface area contributed by atoms with Gasteiger partial charge in [0, 0.05) is 37.5 Å². The number of nitrogens with one attached hydrogen (secondary N) is 1. The zero-order valence-electron chi connectivity index (χ0n) is 18.3. The summed E-state index contributed by atoms with van der Waals surface area (Å²) in [5.41, 5.74) is 9.38. The Morgan fingerprint density at radius 3 is 2.66 bits per heavy atom. The third-order valence-corrected chi connectivity index (χ3v) is 5.10. The Kier molecular flexibility index (Phi) is 6.13. The molecular formula is C24H26N4O4. The Morgan fingerprint density at radius 1 is 1.19 bits per heavy atom. The number of amides is 1. The first kappa shape index (κ1) is 21.5. The van der Waals surface area contributed by atoms with Crippen LogP contribution >= 0.6 is 0 Å². The molecule has 166 valence electrons. The lowest BCUT2D eigenvalue weighted by Crippen LogP contribution is -2.35. The Balaban J connectivity index is 1.60. The van der Waals surface area contributed by atoms with E-state index in [9.17, 15) is 4.79 Å². The SMILES string of the molecule is COc1nc(-c2cccc3c2OC(CN)CO3)ccc1Nc1ccc(C(=O)N(C)C)cc1. The highest BCUT2D eigenvalue weighted by Crippen LogP contribution is 2.41. The van der Waals surface area contributed by atoms with Gasteiger partial charge in [0.1, 0.15) is 18.4 Å². The molecule has 2 heterocycles. The van der Waals surface area contributed by atoms with Gasteiger partial charge in [-0.2, -0.15) is 0 Å². The number of aromatic nitrogens is 1. The maximum atomic E-state index is 12.1. The highest BCUT2D eigenvalue weighted by Gasteiger charge is 2.24. The van der Waals surface area contributed by atoms with Crippen LogP contribution in [0.15, 0.2) is 54.6 Å². The molecule has 0 spiro atoms. The van der Waals surface area contributed by atoms with Crippen molar-refractivity contribution in [2.24, 2.45) is 5.73 Å². The van der Waals surface area contributed by atoms with E-state index in [0.29, 0.717) is 47.5 Å². The van der Waals surface area contributed by atoms with Gasteiger partial charge in [-0.25, -0.2) is 4.98 Å². The van der Waals surface area contributed by atoms with Crippen LogP contribution in [0, 0.1) is 0 Å². The number of rotatable bonds is 6. The summed E-state index contributed by atoms with van der Waals surface area (Å²) in [6.07, 6.45) is -0.200. The van der Waals surface area contributed by atoms with E-state index in [0.717, 1.165) is 11.3 Å². The number of anilines is 2. The minimum absolute atomic E-state index is 0.0468. The normalized spacial score (nSPS) is 14.6. The number of nitrogens with two attached hydrogens (primary N) is 1. The van der Waals surface area contributed by atoms with Crippen molar-refractivity contribution in [2.45, 2.75) is 6.10 Å². The summed E-state index contributed by atoms with van der Waals surface area (Å²) in [5.74, 6) is 1.68. The summed E-state index contributed by atoms with van der Waals surface area (Å²) in [5, 5.41) is 3.29. The number of fused-ring (bicyclic) bond motifs is 1. The molecule has 1 atom stereocenters. The maximum absolute atomic E-state index is 12.1. The van der Waals surface area contributed by atoms with Crippen molar-refractivity contribution >= 4 is 17.3 Å². The summed E-state index contributed by atoms with van der Waals surface area (Å²) in [6, 6.07) is 16.7. The number of nitrogens with zero attached hydrogens (tertiary/aromatic N) is 2. The van der Waals surface area contributed by atoms with E-state index in [1.807, 2.05) is 42.5 Å². The van der Waals surface area contributed by atoms with Gasteiger partial charge in [0.25, 0.3) is 5.91 Å². The minimum atomic E-state index is -0.200. The molecule has 1 aliphatic rings. The Hall–Kier alpha value is -3.78. The molecule has 8 heteroatoms. The Morgan fingerprint density at radius 2 is 1.97 bits per heavy atom. The van der Waals surface area contributed by atoms with Crippen LogP contribution in [-0.4, -0.2) is 56.3 Å². The molecule has 1 amide bonds. The average molecular weight is 434 g/mol. The first-order valence-corrected chi connectivity index (χ1v) is 10.3. The van der Waals surface area contributed by atoms with E-state index in [2.05, 4.69) is 10.3 Å². The quantitative estimate of drug-likeness (QED) is 0.614. The van der Waals surface area contributed by atoms with Gasteiger partial charge in [0.05, 0.1) is 12.8 Å². The highest BCUT2D eigenvalue weighted by molar-refractivity contribution is 5.94. The predicted molar refractivity (Wildman–Crippen MR) is 123 cm³/mol. The molecule has 0 saturated heterocycles. The van der Waals surface area contributed by atoms with E-state index >= 15 is 0 Å². The first-order chi connectivity index (χ1) is 15.5. The molecule has 3 N–H and O–H groups in total. The topological polar surface area (TPSA) is 98.9 Å². The average Bonchev–Trinajstić information content (AvgIpc) is 2.83. The molecule has 0 radical (unpaired) electrons. The largest absolute Gasteiger partial charge is 0.486 e. The molecule has 4 rings (SSSR count). The van der Waals surface area contributed by atoms with Crippen molar-refractivity contribution < 1.29 is 19.0 Å². The van der Waals surface area contributed by atoms with Gasteiger partial charge in [-0.3, -0.25) is 4.79 Å². The van der Waals surface area contributed by atoms with Crippen LogP contribution in [0.4, 0.5) is 11.4 Å². The van der Waals surface area contributed by atoms with Crippen molar-refractivity contribution in [3.05, 3.63) is 60.2 Å². The standard InChI is InChI=1S/C24H26N4O4/c1-28(2)24(29)15-7-9-16(10-8-15)26-20-12-11-19(27-23(20)30-3)18-5-4-6-21-22(18)32-17(13-25)14-31-21/h4-12,17,26H,13-14,25H2,1-3H3. The number of ether oxygens (including phenoxy) is 3. The second-order valence-corrected chi connectivity index (χ2v) is 7.57. The second-order valence-electron chi connectivity index (χ2n) is 7.57. The summed E-state index contributed by atoms with van der Waals surface area (Å²) in [7, 11) is 5.02. The summed E-state index contributed by atoms with van der Waals surface area (Å²) in [6.45, 7) is 0.789. The van der Waals surface area contributed by atoms with Crippen LogP contribution < -0.4 is 25.3 Å². The van der Waals surface area contributed by atoms with Crippen LogP contribution in [0.5, 0.6) is 17.4 Å². The van der Waals surface area contributed by atoms with E-state index in [1.54, 1.807) is 38.2 Å². The molecule has 32 heavy (non-hydrogen) atoms. The van der Waals surface area contributed by atoms with Crippen molar-refractivity contribution in [3.8, 4) is 28.6 Å². The number of para-hydroxylation sites is 1. The molecule has 1 unspecified atom stereocenters. The number of carbonyl (C=O) groups is 1. The third kappa shape index (κ3) is 4.31. The number of carbonyl (C=O) groups excluding carboxylic acids is 1. The van der Waals surface area contributed by atoms with Gasteiger partial charge < -0.3 is 30.2 Å². The molecule has 3 aromatic rings. The lowest BCUT2D eigenvalue weighted by atomic mass is 10.1. The van der Waals surface area contributed by atoms with Crippen molar-refractivity contribution in [2.75, 3.05) is 39.7 Å². The van der Waals surface area contributed by atoms with E-state index < -0.39 is 0 Å². The van der Waals surface area contributed by atoms with E-state index in [-0.39, 0.29) is 12.0 Å². The molecule has 2 aromatic carbocycles. The van der Waals surface area contributed by atoms with Gasteiger partial charge in [0.15, 0.2) is 11.5 Å². The minimum Gasteiger partial charge on any atom is -0.486 e. The van der Waals surface area contributed by atoms with Gasteiger partial charge in [-0.05, 0) is 48.5 Å². The smallest absolute Gasteiger partial charge is 0.253 e. The maximum Gasteiger partial charge on any atom is 0.253 e. The Labute approximate surface area is 186 Å². The Bertz CT molecular complexity index is 1120. The van der Waals surface area contributed by atoms with Crippen LogP contribution in [0.1, 0.15) is 10.4 Å². The highest BCUT2D eigenvalue weighted by atomic mass is 16.6. The fourth-order valence-corrected chi connectivity index (χ4v) is 3.40. The monoisotopic (exact) mass is 434 g/mol. The van der Waals surface area contributed by atoms with E-state index in [1.165, 1.54) is 0 Å². The fraction of sp³-hybridized carbons (Fsp3) is 0.250. The third-order valence-electron chi connectivity index (χ3n) is 5.10. The first-order valence-electron chi connectivity index (χ1n) is 10.3. The number of methoxy groups -OCH3 is 1. The number of hydrogen-bond acceptors (Lipinski definition) is 7. The van der Waals surface area contributed by atoms with Gasteiger partial charge in [0.2, 0.25) is 5.88 Å². The zero-order valence-corrected chi connectivity index (χ0v) is 18.3. The molecule has 1 aliphatic heterocycles. The molecule has 0 aliphatic carbocycles. The lowest BCUT2D eigenvalue weighted by molar-refractivity contribution is 0.0827. The van der Waals surface area contributed by atoms with Crippen molar-refractivity contribution in [1.82, 2.24) is 9.88 Å². The summed E-state index contributed by atoms with van der Waals surface area (Å²) >= 11 is 0. The molecule has 0 saturated carbocycles. The molecule has 0 bridgehead atoms. The van der Waals surface area contributed by atoms with Gasteiger partial charge in [-0.1, -0.05) is 6.07 Å². The zero-order chi connectivity index (χ0) is 22.7. The van der Waals surface area contributed by atoms with E-state index in [4.69, 9.17) is 19.9 Å². The molecular weight excluding hydrogens is 408 g/mol. The molecule has 8 nitrogen and oxygen atoms in total. The van der Waals surface area contributed by atoms with Crippen LogP contribution in [-0.2, 0) is 0 Å². The number of pyridine rings is 1. The van der Waals surface area contributed by atoms with Crippen molar-refractivity contribution in [1.29, 1.82) is 0 Å². The predicted octanol–water partition coefficient (Wildman–Crippen LogP) is 3.30. The fourth-order valence-electron chi connectivity index (χ4n) is 3.40. The summed E-state index contributed by atoms with van der Waals surface area (Å²) in [4.78, 5) is 18.3. The van der Waals surface area contributed by atoms with Crippen LogP contribution in [0.3, 0.4) is 0 Å². The number of benzene rings is 2. The van der Waals surface area contributed by atoms with Crippen molar-refractivity contribution in [3.63, 3.8) is 0 Å². The van der Waals surface area contributed by atoms with Gasteiger partial charge in [-0.15, -0.1) is 0 Å². The van der Waals surface area contributed by atoms with Crippen LogP contribution in [0.25, 0.3) is 11.3 Å². The molecule has 0 fully saturated rings.